The molecule has 1 aliphatic rings. The van der Waals surface area contributed by atoms with Gasteiger partial charge in [-0.25, -0.2) is 18.1 Å². The van der Waals surface area contributed by atoms with Gasteiger partial charge in [-0.1, -0.05) is 0 Å². The number of aryl methyl sites for hydroxylation is 1. The molecule has 0 radical (unpaired) electrons. The molecule has 1 saturated heterocycles. The van der Waals surface area contributed by atoms with Crippen LogP contribution in [0.1, 0.15) is 6.92 Å². The molecular formula is C11H20N4O3S. The summed E-state index contributed by atoms with van der Waals surface area (Å²) >= 11 is 0. The highest BCUT2D eigenvalue weighted by Crippen LogP contribution is 2.06. The van der Waals surface area contributed by atoms with Crippen molar-refractivity contribution in [3.05, 3.63) is 12.5 Å². The Kier molecular flexibility index (Phi) is 4.56. The van der Waals surface area contributed by atoms with Gasteiger partial charge in [0.15, 0.2) is 5.03 Å². The smallest absolute Gasteiger partial charge is 0.259 e. The summed E-state index contributed by atoms with van der Waals surface area (Å²) in [4.78, 5) is 6.07. The van der Waals surface area contributed by atoms with Gasteiger partial charge in [0, 0.05) is 38.9 Å². The highest BCUT2D eigenvalue weighted by atomic mass is 32.2. The average Bonchev–Trinajstić information content (AvgIpc) is 2.85. The minimum Gasteiger partial charge on any atom is -0.379 e. The SMILES string of the molecule is CC(CNS(=O)(=O)c1cn(C)cn1)N1CCOCC1. The fourth-order valence-corrected chi connectivity index (χ4v) is 3.08. The zero-order chi connectivity index (χ0) is 13.9. The molecule has 7 nitrogen and oxygen atoms in total. The first kappa shape index (κ1) is 14.4. The van der Waals surface area contributed by atoms with Crippen molar-refractivity contribution in [1.82, 2.24) is 19.2 Å². The number of hydrogen-bond acceptors (Lipinski definition) is 5. The first-order chi connectivity index (χ1) is 8.99. The van der Waals surface area contributed by atoms with Crippen molar-refractivity contribution in [2.45, 2.75) is 18.0 Å². The molecule has 1 N–H and O–H groups in total. The molecule has 0 amide bonds. The Morgan fingerprint density at radius 3 is 2.74 bits per heavy atom. The summed E-state index contributed by atoms with van der Waals surface area (Å²) < 4.78 is 33.5. The molecule has 0 bridgehead atoms. The number of nitrogens with zero attached hydrogens (tertiary/aromatic N) is 3. The molecule has 2 rings (SSSR count). The molecule has 2 heterocycles. The predicted molar refractivity (Wildman–Crippen MR) is 70.3 cm³/mol. The fraction of sp³-hybridized carbons (Fsp3) is 0.727. The second kappa shape index (κ2) is 6.00. The topological polar surface area (TPSA) is 76.5 Å². The lowest BCUT2D eigenvalue weighted by molar-refractivity contribution is 0.0213. The summed E-state index contributed by atoms with van der Waals surface area (Å²) in [6, 6.07) is 0.141. The van der Waals surface area contributed by atoms with E-state index in [-0.39, 0.29) is 11.1 Å². The summed E-state index contributed by atoms with van der Waals surface area (Å²) in [7, 11) is -1.77. The maximum absolute atomic E-state index is 12.0. The quantitative estimate of drug-likeness (QED) is 0.784. The molecule has 19 heavy (non-hydrogen) atoms. The van der Waals surface area contributed by atoms with Crippen molar-refractivity contribution < 1.29 is 13.2 Å². The van der Waals surface area contributed by atoms with Crippen molar-refractivity contribution >= 4 is 10.0 Å². The number of ether oxygens (including phenoxy) is 1. The summed E-state index contributed by atoms with van der Waals surface area (Å²) in [5.74, 6) is 0. The van der Waals surface area contributed by atoms with E-state index in [9.17, 15) is 8.42 Å². The Balaban J connectivity index is 1.90. The third-order valence-corrected chi connectivity index (χ3v) is 4.50. The minimum atomic E-state index is -3.51. The molecule has 1 unspecified atom stereocenters. The van der Waals surface area contributed by atoms with E-state index >= 15 is 0 Å². The van der Waals surface area contributed by atoms with Gasteiger partial charge in [0.05, 0.1) is 19.5 Å². The number of rotatable bonds is 5. The highest BCUT2D eigenvalue weighted by molar-refractivity contribution is 7.89. The molecule has 1 fully saturated rings. The summed E-state index contributed by atoms with van der Waals surface area (Å²) in [6.45, 7) is 5.47. The average molecular weight is 288 g/mol. The second-order valence-electron chi connectivity index (χ2n) is 4.73. The number of imidazole rings is 1. The standard InChI is InChI=1S/C11H20N4O3S/c1-10(15-3-5-18-6-4-15)7-13-19(16,17)11-8-14(2)9-12-11/h8-10,13H,3-7H2,1-2H3. The van der Waals surface area contributed by atoms with Crippen LogP contribution in [0.15, 0.2) is 17.6 Å². The van der Waals surface area contributed by atoms with E-state index in [1.165, 1.54) is 12.5 Å². The van der Waals surface area contributed by atoms with Crippen LogP contribution in [0.2, 0.25) is 0 Å². The van der Waals surface area contributed by atoms with E-state index in [1.807, 2.05) is 6.92 Å². The van der Waals surface area contributed by atoms with Crippen molar-refractivity contribution in [1.29, 1.82) is 0 Å². The molecule has 8 heteroatoms. The van der Waals surface area contributed by atoms with Crippen molar-refractivity contribution in [3.8, 4) is 0 Å². The molecule has 0 saturated carbocycles. The van der Waals surface area contributed by atoms with Crippen LogP contribution in [0.4, 0.5) is 0 Å². The van der Waals surface area contributed by atoms with Crippen LogP contribution in [0.5, 0.6) is 0 Å². The molecule has 1 aliphatic heterocycles. The summed E-state index contributed by atoms with van der Waals surface area (Å²) in [5.41, 5.74) is 0. The van der Waals surface area contributed by atoms with Gasteiger partial charge < -0.3 is 9.30 Å². The Morgan fingerprint density at radius 2 is 2.16 bits per heavy atom. The number of aromatic nitrogens is 2. The zero-order valence-corrected chi connectivity index (χ0v) is 12.1. The van der Waals surface area contributed by atoms with Gasteiger partial charge in [-0.2, -0.15) is 0 Å². The molecule has 1 atom stereocenters. The summed E-state index contributed by atoms with van der Waals surface area (Å²) in [6.07, 6.45) is 2.96. The third kappa shape index (κ3) is 3.75. The molecule has 0 aliphatic carbocycles. The van der Waals surface area contributed by atoms with Gasteiger partial charge in [0.2, 0.25) is 0 Å². The van der Waals surface area contributed by atoms with Gasteiger partial charge >= 0.3 is 0 Å². The monoisotopic (exact) mass is 288 g/mol. The lowest BCUT2D eigenvalue weighted by Crippen LogP contribution is -2.47. The first-order valence-electron chi connectivity index (χ1n) is 6.28. The van der Waals surface area contributed by atoms with Crippen LogP contribution in [-0.2, 0) is 21.8 Å². The van der Waals surface area contributed by atoms with Crippen LogP contribution in [0.3, 0.4) is 0 Å². The highest BCUT2D eigenvalue weighted by Gasteiger charge is 2.21. The second-order valence-corrected chi connectivity index (χ2v) is 6.44. The van der Waals surface area contributed by atoms with Crippen LogP contribution < -0.4 is 4.72 Å². The van der Waals surface area contributed by atoms with Crippen molar-refractivity contribution in [3.63, 3.8) is 0 Å². The van der Waals surface area contributed by atoms with E-state index in [4.69, 9.17) is 4.74 Å². The van der Waals surface area contributed by atoms with Crippen molar-refractivity contribution in [2.24, 2.45) is 7.05 Å². The van der Waals surface area contributed by atoms with Gasteiger partial charge in [-0.05, 0) is 6.92 Å². The number of sulfonamides is 1. The Bertz CT molecular complexity index is 508. The van der Waals surface area contributed by atoms with Crippen LogP contribution in [0, 0.1) is 0 Å². The van der Waals surface area contributed by atoms with Gasteiger partial charge in [0.1, 0.15) is 0 Å². The van der Waals surface area contributed by atoms with Gasteiger partial charge in [-0.3, -0.25) is 4.90 Å². The molecule has 0 spiro atoms. The number of hydrogen-bond donors (Lipinski definition) is 1. The molecule has 1 aromatic heterocycles. The van der Waals surface area contributed by atoms with E-state index in [1.54, 1.807) is 11.6 Å². The molecule has 0 aromatic carbocycles. The number of morpholine rings is 1. The Labute approximate surface area is 113 Å². The predicted octanol–water partition coefficient (Wildman–Crippen LogP) is -0.581. The number of nitrogens with one attached hydrogen (secondary N) is 1. The Morgan fingerprint density at radius 1 is 1.47 bits per heavy atom. The molecular weight excluding hydrogens is 268 g/mol. The van der Waals surface area contributed by atoms with Crippen LogP contribution in [0.25, 0.3) is 0 Å². The zero-order valence-electron chi connectivity index (χ0n) is 11.2. The van der Waals surface area contributed by atoms with E-state index in [0.717, 1.165) is 13.1 Å². The van der Waals surface area contributed by atoms with Crippen LogP contribution >= 0.6 is 0 Å². The van der Waals surface area contributed by atoms with E-state index in [0.29, 0.717) is 19.8 Å². The maximum Gasteiger partial charge on any atom is 0.259 e. The molecule has 1 aromatic rings. The fourth-order valence-electron chi connectivity index (χ4n) is 1.98. The molecule has 108 valence electrons. The lowest BCUT2D eigenvalue weighted by Gasteiger charge is -2.32. The van der Waals surface area contributed by atoms with Gasteiger partial charge in [-0.15, -0.1) is 0 Å². The largest absolute Gasteiger partial charge is 0.379 e. The van der Waals surface area contributed by atoms with Gasteiger partial charge in [0.25, 0.3) is 10.0 Å². The maximum atomic E-state index is 12.0. The lowest BCUT2D eigenvalue weighted by atomic mass is 10.2. The van der Waals surface area contributed by atoms with Crippen molar-refractivity contribution in [2.75, 3.05) is 32.8 Å². The van der Waals surface area contributed by atoms with E-state index < -0.39 is 10.0 Å². The first-order valence-corrected chi connectivity index (χ1v) is 7.77. The Hall–Kier alpha value is -0.960. The van der Waals surface area contributed by atoms with E-state index in [2.05, 4.69) is 14.6 Å². The minimum absolute atomic E-state index is 0.0594. The summed E-state index contributed by atoms with van der Waals surface area (Å²) in [5, 5.41) is 0.0594. The van der Waals surface area contributed by atoms with Crippen LogP contribution in [-0.4, -0.2) is 61.8 Å². The normalized spacial score (nSPS) is 19.5. The third-order valence-electron chi connectivity index (χ3n) is 3.19.